The van der Waals surface area contributed by atoms with Crippen LogP contribution >= 0.6 is 0 Å². The van der Waals surface area contributed by atoms with Gasteiger partial charge in [0.1, 0.15) is 17.3 Å². The van der Waals surface area contributed by atoms with Crippen LogP contribution in [0.25, 0.3) is 5.76 Å². The van der Waals surface area contributed by atoms with Crippen molar-refractivity contribution in [2.75, 3.05) is 20.8 Å². The van der Waals surface area contributed by atoms with E-state index in [1.54, 1.807) is 69.7 Å². The van der Waals surface area contributed by atoms with Crippen LogP contribution in [0.3, 0.4) is 0 Å². The van der Waals surface area contributed by atoms with Gasteiger partial charge in [0.05, 0.1) is 32.4 Å². The van der Waals surface area contributed by atoms with Crippen LogP contribution in [0.1, 0.15) is 35.2 Å². The fourth-order valence-electron chi connectivity index (χ4n) is 4.51. The average Bonchev–Trinajstić information content (AvgIpc) is 3.14. The highest BCUT2D eigenvalue weighted by molar-refractivity contribution is 6.46. The van der Waals surface area contributed by atoms with Crippen molar-refractivity contribution in [2.24, 2.45) is 0 Å². The third kappa shape index (κ3) is 4.95. The Morgan fingerprint density at radius 2 is 1.76 bits per heavy atom. The number of hydrogen-bond donors (Lipinski definition) is 2. The number of phenols is 1. The molecule has 0 saturated carbocycles. The number of methoxy groups -OCH3 is 2. The number of nitrogens with zero attached hydrogens (tertiary/aromatic N) is 1. The van der Waals surface area contributed by atoms with E-state index in [0.29, 0.717) is 29.2 Å². The standard InChI is InChI=1S/C29H29NO7/c1-5-37-24-15-19(9-11-22(24)31)26-25(27(32)20-10-12-23(36-4)17(2)13-20)28(33)29(34)30(26)16-18-7-6-8-21(14-18)35-3/h6-15,26,31-32H,5,16H2,1-4H3/b27-25-. The lowest BCUT2D eigenvalue weighted by atomic mass is 9.94. The van der Waals surface area contributed by atoms with Gasteiger partial charge in [0, 0.05) is 12.1 Å². The Labute approximate surface area is 215 Å². The Morgan fingerprint density at radius 3 is 2.43 bits per heavy atom. The number of carbonyl (C=O) groups is 2. The van der Waals surface area contributed by atoms with Gasteiger partial charge < -0.3 is 29.3 Å². The Balaban J connectivity index is 1.88. The molecule has 8 heteroatoms. The van der Waals surface area contributed by atoms with Gasteiger partial charge in [0.15, 0.2) is 11.5 Å². The summed E-state index contributed by atoms with van der Waals surface area (Å²) in [5.74, 6) is -0.453. The van der Waals surface area contributed by atoms with Crippen molar-refractivity contribution in [3.63, 3.8) is 0 Å². The molecule has 1 heterocycles. The Morgan fingerprint density at radius 1 is 0.973 bits per heavy atom. The maximum Gasteiger partial charge on any atom is 0.295 e. The minimum atomic E-state index is -0.923. The van der Waals surface area contributed by atoms with E-state index < -0.39 is 17.7 Å². The first-order chi connectivity index (χ1) is 17.8. The number of benzene rings is 3. The van der Waals surface area contributed by atoms with Gasteiger partial charge in [-0.05, 0) is 73.0 Å². The summed E-state index contributed by atoms with van der Waals surface area (Å²) in [6, 6.07) is 15.9. The number of aliphatic hydroxyl groups excluding tert-OH is 1. The predicted molar refractivity (Wildman–Crippen MR) is 138 cm³/mol. The molecule has 3 aromatic rings. The highest BCUT2D eigenvalue weighted by Crippen LogP contribution is 2.43. The van der Waals surface area contributed by atoms with E-state index in [-0.39, 0.29) is 29.4 Å². The van der Waals surface area contributed by atoms with Crippen molar-refractivity contribution >= 4 is 17.4 Å². The van der Waals surface area contributed by atoms with Crippen molar-refractivity contribution in [2.45, 2.75) is 26.4 Å². The van der Waals surface area contributed by atoms with Crippen LogP contribution in [-0.4, -0.2) is 47.6 Å². The molecule has 1 saturated heterocycles. The maximum absolute atomic E-state index is 13.4. The third-order valence-corrected chi connectivity index (χ3v) is 6.29. The summed E-state index contributed by atoms with van der Waals surface area (Å²) in [5, 5.41) is 21.6. The zero-order valence-electron chi connectivity index (χ0n) is 21.1. The second kappa shape index (κ2) is 10.7. The summed E-state index contributed by atoms with van der Waals surface area (Å²) >= 11 is 0. The molecule has 0 radical (unpaired) electrons. The van der Waals surface area contributed by atoms with E-state index in [1.807, 2.05) is 13.0 Å². The molecule has 1 aliphatic rings. The van der Waals surface area contributed by atoms with E-state index in [1.165, 1.54) is 11.0 Å². The molecule has 0 spiro atoms. The van der Waals surface area contributed by atoms with Crippen molar-refractivity contribution < 1.29 is 34.0 Å². The molecule has 8 nitrogen and oxygen atoms in total. The zero-order valence-corrected chi connectivity index (χ0v) is 21.1. The average molecular weight is 504 g/mol. The monoisotopic (exact) mass is 503 g/mol. The fraction of sp³-hybridized carbons (Fsp3) is 0.241. The fourth-order valence-corrected chi connectivity index (χ4v) is 4.51. The Hall–Kier alpha value is -4.46. The number of ketones is 1. The summed E-state index contributed by atoms with van der Waals surface area (Å²) in [5.41, 5.74) is 2.35. The molecular weight excluding hydrogens is 474 g/mol. The van der Waals surface area contributed by atoms with E-state index in [9.17, 15) is 19.8 Å². The smallest absolute Gasteiger partial charge is 0.295 e. The second-order valence-electron chi connectivity index (χ2n) is 8.62. The number of Topliss-reactive ketones (excluding diaryl/α,β-unsaturated/α-hetero) is 1. The SMILES string of the molecule is CCOc1cc(C2/C(=C(/O)c3ccc(OC)c(C)c3)C(=O)C(=O)N2Cc2cccc(OC)c2)ccc1O. The molecule has 1 atom stereocenters. The molecule has 37 heavy (non-hydrogen) atoms. The number of ether oxygens (including phenoxy) is 3. The first-order valence-electron chi connectivity index (χ1n) is 11.8. The lowest BCUT2D eigenvalue weighted by Crippen LogP contribution is -2.29. The number of rotatable bonds is 8. The number of amides is 1. The highest BCUT2D eigenvalue weighted by atomic mass is 16.5. The normalized spacial score (nSPS) is 16.6. The molecule has 1 amide bonds. The van der Waals surface area contributed by atoms with Crippen LogP contribution in [0.15, 0.2) is 66.2 Å². The van der Waals surface area contributed by atoms with Gasteiger partial charge in [0.25, 0.3) is 11.7 Å². The molecule has 1 aliphatic heterocycles. The predicted octanol–water partition coefficient (Wildman–Crippen LogP) is 4.74. The molecule has 1 unspecified atom stereocenters. The maximum atomic E-state index is 13.4. The van der Waals surface area contributed by atoms with Gasteiger partial charge in [-0.1, -0.05) is 18.2 Å². The van der Waals surface area contributed by atoms with Crippen LogP contribution in [0.5, 0.6) is 23.0 Å². The van der Waals surface area contributed by atoms with E-state index in [2.05, 4.69) is 0 Å². The molecule has 2 N–H and O–H groups in total. The Bertz CT molecular complexity index is 1380. The van der Waals surface area contributed by atoms with Crippen molar-refractivity contribution in [1.82, 2.24) is 4.90 Å². The van der Waals surface area contributed by atoms with Crippen LogP contribution < -0.4 is 14.2 Å². The van der Waals surface area contributed by atoms with Crippen molar-refractivity contribution in [3.8, 4) is 23.0 Å². The number of likely N-dealkylation sites (tertiary alicyclic amines) is 1. The topological polar surface area (TPSA) is 106 Å². The van der Waals surface area contributed by atoms with Gasteiger partial charge in [0.2, 0.25) is 0 Å². The van der Waals surface area contributed by atoms with Gasteiger partial charge in [-0.15, -0.1) is 0 Å². The Kier molecular flexibility index (Phi) is 7.38. The largest absolute Gasteiger partial charge is 0.507 e. The van der Waals surface area contributed by atoms with E-state index >= 15 is 0 Å². The van der Waals surface area contributed by atoms with Crippen molar-refractivity contribution in [3.05, 3.63) is 88.5 Å². The van der Waals surface area contributed by atoms with Crippen LogP contribution in [0.2, 0.25) is 0 Å². The number of aliphatic hydroxyl groups is 1. The highest BCUT2D eigenvalue weighted by Gasteiger charge is 2.46. The zero-order chi connectivity index (χ0) is 26.7. The van der Waals surface area contributed by atoms with Gasteiger partial charge >= 0.3 is 0 Å². The van der Waals surface area contributed by atoms with Crippen LogP contribution in [0, 0.1) is 6.92 Å². The molecule has 1 fully saturated rings. The number of aryl methyl sites for hydroxylation is 1. The van der Waals surface area contributed by atoms with Gasteiger partial charge in [-0.2, -0.15) is 0 Å². The van der Waals surface area contributed by atoms with E-state index in [4.69, 9.17) is 14.2 Å². The van der Waals surface area contributed by atoms with E-state index in [0.717, 1.165) is 11.1 Å². The molecule has 0 bridgehead atoms. The molecule has 4 rings (SSSR count). The summed E-state index contributed by atoms with van der Waals surface area (Å²) in [7, 11) is 3.10. The summed E-state index contributed by atoms with van der Waals surface area (Å²) < 4.78 is 16.2. The molecular formula is C29H29NO7. The van der Waals surface area contributed by atoms with Crippen LogP contribution in [0.4, 0.5) is 0 Å². The van der Waals surface area contributed by atoms with Crippen LogP contribution in [-0.2, 0) is 16.1 Å². The summed E-state index contributed by atoms with van der Waals surface area (Å²) in [6.45, 7) is 4.01. The number of phenolic OH excluding ortho intramolecular Hbond substituents is 1. The minimum Gasteiger partial charge on any atom is -0.507 e. The number of aromatic hydroxyl groups is 1. The van der Waals surface area contributed by atoms with Gasteiger partial charge in [-0.3, -0.25) is 9.59 Å². The quantitative estimate of drug-likeness (QED) is 0.260. The number of hydrogen-bond acceptors (Lipinski definition) is 7. The first kappa shape index (κ1) is 25.6. The lowest BCUT2D eigenvalue weighted by Gasteiger charge is -2.26. The molecule has 192 valence electrons. The van der Waals surface area contributed by atoms with Gasteiger partial charge in [-0.25, -0.2) is 0 Å². The summed E-state index contributed by atoms with van der Waals surface area (Å²) in [4.78, 5) is 28.1. The summed E-state index contributed by atoms with van der Waals surface area (Å²) in [6.07, 6.45) is 0. The van der Waals surface area contributed by atoms with Crippen molar-refractivity contribution in [1.29, 1.82) is 0 Å². The lowest BCUT2D eigenvalue weighted by molar-refractivity contribution is -0.140. The minimum absolute atomic E-state index is 0.0504. The number of carbonyl (C=O) groups excluding carboxylic acids is 2. The first-order valence-corrected chi connectivity index (χ1v) is 11.8. The third-order valence-electron chi connectivity index (χ3n) is 6.29. The molecule has 0 aromatic heterocycles. The molecule has 3 aromatic carbocycles. The second-order valence-corrected chi connectivity index (χ2v) is 8.62. The molecule has 0 aliphatic carbocycles.